The van der Waals surface area contributed by atoms with Gasteiger partial charge in [0.25, 0.3) is 0 Å². The lowest BCUT2D eigenvalue weighted by atomic mass is 9.99. The Morgan fingerprint density at radius 1 is 1.29 bits per heavy atom. The molecule has 35 heavy (non-hydrogen) atoms. The number of carbonyl (C=O) groups excluding carboxylic acids is 1. The molecule has 3 aliphatic rings. The van der Waals surface area contributed by atoms with Crippen LogP contribution in [-0.2, 0) is 32.0 Å². The molecule has 5 rings (SSSR count). The average molecular weight is 498 g/mol. The molecule has 0 saturated carbocycles. The van der Waals surface area contributed by atoms with E-state index in [0.29, 0.717) is 36.2 Å². The summed E-state index contributed by atoms with van der Waals surface area (Å²) in [7, 11) is 1.49. The van der Waals surface area contributed by atoms with Crippen molar-refractivity contribution in [2.45, 2.75) is 31.9 Å². The molecule has 0 aliphatic carbocycles. The maximum Gasteiger partial charge on any atom is 0.223 e. The molecule has 1 unspecified atom stereocenters. The van der Waals surface area contributed by atoms with Crippen LogP contribution < -0.4 is 4.90 Å². The quantitative estimate of drug-likeness (QED) is 0.476. The Balaban J connectivity index is 1.52. The number of amidine groups is 1. The first-order valence-electron chi connectivity index (χ1n) is 11.6. The maximum absolute atomic E-state index is 13.5. The molecule has 9 heteroatoms. The zero-order valence-corrected chi connectivity index (χ0v) is 20.8. The molecule has 0 radical (unpaired) electrons. The van der Waals surface area contributed by atoms with Crippen LogP contribution >= 0.6 is 0 Å². The van der Waals surface area contributed by atoms with Gasteiger partial charge in [-0.15, -0.1) is 0 Å². The highest BCUT2D eigenvalue weighted by Gasteiger charge is 2.56. The lowest BCUT2D eigenvalue weighted by molar-refractivity contribution is -0.116. The lowest BCUT2D eigenvalue weighted by Crippen LogP contribution is -2.66. The van der Waals surface area contributed by atoms with Gasteiger partial charge in [0.2, 0.25) is 17.3 Å². The van der Waals surface area contributed by atoms with Gasteiger partial charge in [-0.05, 0) is 71.6 Å². The molecule has 3 aliphatic heterocycles. The number of amides is 1. The highest BCUT2D eigenvalue weighted by Crippen LogP contribution is 2.40. The van der Waals surface area contributed by atoms with Crippen LogP contribution in [0.15, 0.2) is 53.4 Å². The van der Waals surface area contributed by atoms with Gasteiger partial charge >= 0.3 is 0 Å². The Morgan fingerprint density at radius 2 is 2.03 bits per heavy atom. The monoisotopic (exact) mass is 497 g/mol. The van der Waals surface area contributed by atoms with Gasteiger partial charge < -0.3 is 23.9 Å². The van der Waals surface area contributed by atoms with Gasteiger partial charge in [-0.1, -0.05) is 23.4 Å². The average Bonchev–Trinajstić information content (AvgIpc) is 3.23. The minimum Gasteiger partial charge on any atom is -0.616 e. The van der Waals surface area contributed by atoms with Crippen molar-refractivity contribution in [2.75, 3.05) is 36.6 Å². The van der Waals surface area contributed by atoms with Crippen molar-refractivity contribution in [1.29, 1.82) is 0 Å². The van der Waals surface area contributed by atoms with Crippen molar-refractivity contribution in [1.82, 2.24) is 4.90 Å². The fourth-order valence-corrected chi connectivity index (χ4v) is 6.43. The summed E-state index contributed by atoms with van der Waals surface area (Å²) in [6, 6.07) is 12.2. The first kappa shape index (κ1) is 23.7. The van der Waals surface area contributed by atoms with Gasteiger partial charge in [0.05, 0.1) is 12.6 Å². The van der Waals surface area contributed by atoms with E-state index in [1.54, 1.807) is 24.0 Å². The van der Waals surface area contributed by atoms with Gasteiger partial charge in [-0.2, -0.15) is 0 Å². The zero-order valence-electron chi connectivity index (χ0n) is 20.0. The van der Waals surface area contributed by atoms with Crippen molar-refractivity contribution in [3.05, 3.63) is 70.7 Å². The highest BCUT2D eigenvalue weighted by molar-refractivity contribution is 7.93. The van der Waals surface area contributed by atoms with Crippen LogP contribution in [0, 0.1) is 5.82 Å². The van der Waals surface area contributed by atoms with E-state index in [4.69, 9.17) is 9.57 Å². The Morgan fingerprint density at radius 3 is 2.69 bits per heavy atom. The topological polar surface area (TPSA) is 77.4 Å². The lowest BCUT2D eigenvalue weighted by Gasteiger charge is -2.50. The van der Waals surface area contributed by atoms with E-state index in [0.717, 1.165) is 28.8 Å². The number of ether oxygens (including phenoxy) is 1. The molecule has 0 bridgehead atoms. The molecule has 1 atom stereocenters. The van der Waals surface area contributed by atoms with Crippen LogP contribution in [-0.4, -0.2) is 58.5 Å². The molecule has 0 N–H and O–H groups in total. The number of morpholine rings is 1. The minimum atomic E-state index is -0.927. The second kappa shape index (κ2) is 9.20. The Kier molecular flexibility index (Phi) is 6.23. The third kappa shape index (κ3) is 4.50. The second-order valence-corrected chi connectivity index (χ2v) is 10.7. The number of hydrogen-bond acceptors (Lipinski definition) is 5. The fraction of sp³-hybridized carbons (Fsp3) is 0.385. The van der Waals surface area contributed by atoms with Crippen LogP contribution in [0.4, 0.5) is 10.1 Å². The van der Waals surface area contributed by atoms with Gasteiger partial charge in [0.1, 0.15) is 12.9 Å². The summed E-state index contributed by atoms with van der Waals surface area (Å²) < 4.78 is 32.1. The van der Waals surface area contributed by atoms with E-state index in [2.05, 4.69) is 16.1 Å². The molecule has 2 aromatic rings. The van der Waals surface area contributed by atoms with E-state index in [9.17, 15) is 13.7 Å². The molecule has 1 amide bonds. The number of benzene rings is 2. The Hall–Kier alpha value is -3.04. The SMILES string of the molecule is CO/N=C1/C(=C/c2ccc3c(c2)CCN3C(C)=O)OC2(CN1C(C)c1ccc(F)cc1)C[S+]([O-])C2. The van der Waals surface area contributed by atoms with E-state index < -0.39 is 16.8 Å². The Labute approximate surface area is 207 Å². The number of hydrogen-bond donors (Lipinski definition) is 0. The predicted molar refractivity (Wildman–Crippen MR) is 134 cm³/mol. The normalized spacial score (nSPS) is 26.5. The molecule has 2 fully saturated rings. The molecule has 7 nitrogen and oxygen atoms in total. The van der Waals surface area contributed by atoms with Gasteiger partial charge in [0.15, 0.2) is 17.3 Å². The summed E-state index contributed by atoms with van der Waals surface area (Å²) in [4.78, 5) is 21.0. The molecular weight excluding hydrogens is 469 g/mol. The summed E-state index contributed by atoms with van der Waals surface area (Å²) in [5.74, 6) is 1.68. The highest BCUT2D eigenvalue weighted by atomic mass is 32.2. The van der Waals surface area contributed by atoms with Crippen molar-refractivity contribution < 1.29 is 23.3 Å². The number of anilines is 1. The van der Waals surface area contributed by atoms with Gasteiger partial charge in [-0.3, -0.25) is 4.79 Å². The number of nitrogens with zero attached hydrogens (tertiary/aromatic N) is 3. The summed E-state index contributed by atoms with van der Waals surface area (Å²) in [5, 5.41) is 4.30. The van der Waals surface area contributed by atoms with Crippen LogP contribution in [0.2, 0.25) is 0 Å². The summed E-state index contributed by atoms with van der Waals surface area (Å²) in [5.41, 5.74) is 3.30. The zero-order chi connectivity index (χ0) is 24.7. The number of halogens is 1. The molecule has 0 aromatic heterocycles. The van der Waals surface area contributed by atoms with Crippen LogP contribution in [0.5, 0.6) is 0 Å². The molecule has 2 aromatic carbocycles. The third-order valence-electron chi connectivity index (χ3n) is 6.80. The number of fused-ring (bicyclic) bond motifs is 1. The van der Waals surface area contributed by atoms with Crippen molar-refractivity contribution in [2.24, 2.45) is 5.16 Å². The maximum atomic E-state index is 13.5. The molecular formula is C26H28FN3O4S. The van der Waals surface area contributed by atoms with E-state index in [1.165, 1.54) is 19.2 Å². The van der Waals surface area contributed by atoms with Crippen LogP contribution in [0.1, 0.15) is 36.6 Å². The number of rotatable bonds is 4. The third-order valence-corrected chi connectivity index (χ3v) is 8.50. The summed E-state index contributed by atoms with van der Waals surface area (Å²) in [6.07, 6.45) is 2.71. The molecule has 1 spiro atoms. The summed E-state index contributed by atoms with van der Waals surface area (Å²) in [6.45, 7) is 4.77. The Bertz CT molecular complexity index is 1190. The van der Waals surface area contributed by atoms with Crippen LogP contribution in [0.3, 0.4) is 0 Å². The summed E-state index contributed by atoms with van der Waals surface area (Å²) >= 11 is -0.927. The van der Waals surface area contributed by atoms with Crippen LogP contribution in [0.25, 0.3) is 6.08 Å². The predicted octanol–water partition coefficient (Wildman–Crippen LogP) is 3.63. The molecule has 3 heterocycles. The smallest absolute Gasteiger partial charge is 0.223 e. The van der Waals surface area contributed by atoms with Gasteiger partial charge in [0, 0.05) is 19.2 Å². The van der Waals surface area contributed by atoms with Crippen molar-refractivity contribution >= 4 is 34.7 Å². The van der Waals surface area contributed by atoms with E-state index >= 15 is 0 Å². The number of oxime groups is 1. The molecule has 184 valence electrons. The fourth-order valence-electron chi connectivity index (χ4n) is 5.04. The number of carbonyl (C=O) groups is 1. The van der Waals surface area contributed by atoms with Gasteiger partial charge in [-0.25, -0.2) is 4.39 Å². The van der Waals surface area contributed by atoms with Crippen molar-refractivity contribution in [3.63, 3.8) is 0 Å². The first-order valence-corrected chi connectivity index (χ1v) is 13.1. The standard InChI is InChI=1S/C26H28FN3O4S/c1-17(20-5-7-22(27)8-6-20)30-14-26(15-35(32)16-26)34-24(25(30)28-33-3)13-19-4-9-23-21(12-19)10-11-29(23)18(2)31/h4-9,12-13,17H,10-11,14-16H2,1-3H3/b24-13-,28-25-. The van der Waals surface area contributed by atoms with Crippen molar-refractivity contribution in [3.8, 4) is 0 Å². The first-order chi connectivity index (χ1) is 16.8. The molecule has 2 saturated heterocycles. The van der Waals surface area contributed by atoms with E-state index in [-0.39, 0.29) is 17.8 Å². The second-order valence-electron chi connectivity index (χ2n) is 9.28. The minimum absolute atomic E-state index is 0.0327. The van der Waals surface area contributed by atoms with E-state index in [1.807, 2.05) is 25.1 Å². The largest absolute Gasteiger partial charge is 0.616 e.